The molecule has 2 saturated heterocycles. The highest BCUT2D eigenvalue weighted by Crippen LogP contribution is 2.31. The van der Waals surface area contributed by atoms with Crippen molar-refractivity contribution in [2.45, 2.75) is 31.7 Å². The molecule has 1 unspecified atom stereocenters. The Kier molecular flexibility index (Phi) is 2.66. The number of hydrogen-bond donors (Lipinski definition) is 1. The number of primary amides is 1. The summed E-state index contributed by atoms with van der Waals surface area (Å²) in [6, 6.07) is 0.0602. The van der Waals surface area contributed by atoms with Gasteiger partial charge < -0.3 is 10.6 Å². The summed E-state index contributed by atoms with van der Waals surface area (Å²) in [4.78, 5) is 38.5. The lowest BCUT2D eigenvalue weighted by molar-refractivity contribution is -0.145. The third kappa shape index (κ3) is 1.83. The first-order valence-electron chi connectivity index (χ1n) is 6.41. The van der Waals surface area contributed by atoms with Crippen LogP contribution in [-0.2, 0) is 14.4 Å². The summed E-state index contributed by atoms with van der Waals surface area (Å²) in [6.07, 6.45) is 5.72. The summed E-state index contributed by atoms with van der Waals surface area (Å²) < 4.78 is 0. The Balaban J connectivity index is 1.98. The summed E-state index contributed by atoms with van der Waals surface area (Å²) in [5, 5.41) is 0. The molecule has 0 radical (unpaired) electrons. The largest absolute Gasteiger partial charge is 0.366 e. The molecule has 0 aromatic heterocycles. The molecule has 3 aliphatic heterocycles. The molecule has 0 aliphatic carbocycles. The summed E-state index contributed by atoms with van der Waals surface area (Å²) in [7, 11) is 0. The highest BCUT2D eigenvalue weighted by Gasteiger charge is 2.40. The van der Waals surface area contributed by atoms with Gasteiger partial charge in [-0.15, -0.1) is 0 Å². The molecule has 100 valence electrons. The maximum absolute atomic E-state index is 12.3. The fourth-order valence-corrected chi connectivity index (χ4v) is 2.86. The summed E-state index contributed by atoms with van der Waals surface area (Å²) in [5.41, 5.74) is 6.29. The fraction of sp³-hybridized carbons (Fsp3) is 0.462. The molecule has 3 amide bonds. The number of nitrogens with zero attached hydrogens (tertiary/aromatic N) is 2. The molecule has 3 heterocycles. The minimum atomic E-state index is -0.463. The van der Waals surface area contributed by atoms with Gasteiger partial charge in [0.1, 0.15) is 5.70 Å². The molecule has 1 atom stereocenters. The first-order valence-corrected chi connectivity index (χ1v) is 6.41. The zero-order valence-electron chi connectivity index (χ0n) is 10.5. The van der Waals surface area contributed by atoms with Crippen LogP contribution in [0.4, 0.5) is 0 Å². The van der Waals surface area contributed by atoms with Crippen LogP contribution in [0.1, 0.15) is 25.7 Å². The smallest absolute Gasteiger partial charge is 0.276 e. The number of fused-ring (bicyclic) bond motifs is 4. The number of rotatable bonds is 1. The van der Waals surface area contributed by atoms with Crippen LogP contribution >= 0.6 is 0 Å². The molecule has 6 nitrogen and oxygen atoms in total. The van der Waals surface area contributed by atoms with E-state index in [2.05, 4.69) is 0 Å². The average molecular weight is 261 g/mol. The Bertz CT molecular complexity index is 535. The van der Waals surface area contributed by atoms with E-state index < -0.39 is 5.91 Å². The van der Waals surface area contributed by atoms with E-state index in [1.807, 2.05) is 4.90 Å². The van der Waals surface area contributed by atoms with Crippen molar-refractivity contribution in [3.8, 4) is 0 Å². The lowest BCUT2D eigenvalue weighted by atomic mass is 10.0. The molecule has 19 heavy (non-hydrogen) atoms. The quantitative estimate of drug-likeness (QED) is 0.666. The average Bonchev–Trinajstić information content (AvgIpc) is 2.56. The number of hydrogen-bond acceptors (Lipinski definition) is 4. The minimum Gasteiger partial charge on any atom is -0.366 e. The molecule has 2 fully saturated rings. The maximum atomic E-state index is 12.3. The molecule has 3 rings (SSSR count). The Morgan fingerprint density at radius 2 is 2.16 bits per heavy atom. The van der Waals surface area contributed by atoms with Crippen LogP contribution in [0.2, 0.25) is 0 Å². The van der Waals surface area contributed by atoms with Gasteiger partial charge in [-0.3, -0.25) is 19.3 Å². The van der Waals surface area contributed by atoms with Gasteiger partial charge in [-0.1, -0.05) is 6.08 Å². The molecule has 0 aromatic rings. The van der Waals surface area contributed by atoms with E-state index in [9.17, 15) is 14.4 Å². The third-order valence-corrected chi connectivity index (χ3v) is 3.88. The van der Waals surface area contributed by atoms with Crippen LogP contribution < -0.4 is 5.73 Å². The second-order valence-corrected chi connectivity index (χ2v) is 5.07. The van der Waals surface area contributed by atoms with E-state index in [0.717, 1.165) is 12.8 Å². The van der Waals surface area contributed by atoms with E-state index in [0.29, 0.717) is 30.7 Å². The number of amides is 3. The van der Waals surface area contributed by atoms with Gasteiger partial charge in [0.2, 0.25) is 11.8 Å². The summed E-state index contributed by atoms with van der Waals surface area (Å²) in [5.74, 6) is -0.824. The second-order valence-electron chi connectivity index (χ2n) is 5.07. The first-order chi connectivity index (χ1) is 9.08. The lowest BCUT2D eigenvalue weighted by Gasteiger charge is -2.41. The normalized spacial score (nSPS) is 26.4. The van der Waals surface area contributed by atoms with Crippen LogP contribution in [0.15, 0.2) is 23.5 Å². The lowest BCUT2D eigenvalue weighted by Crippen LogP contribution is -2.54. The van der Waals surface area contributed by atoms with Gasteiger partial charge in [-0.05, 0) is 19.3 Å². The molecule has 6 heteroatoms. The Labute approximate surface area is 110 Å². The molecule has 2 bridgehead atoms. The van der Waals surface area contributed by atoms with Gasteiger partial charge in [-0.25, -0.2) is 0 Å². The number of nitrogens with two attached hydrogens (primary N) is 1. The van der Waals surface area contributed by atoms with Gasteiger partial charge in [0.25, 0.3) is 5.91 Å². The van der Waals surface area contributed by atoms with E-state index in [1.165, 1.54) is 4.90 Å². The van der Waals surface area contributed by atoms with Crippen LogP contribution in [0.3, 0.4) is 0 Å². The van der Waals surface area contributed by atoms with Crippen LogP contribution in [-0.4, -0.2) is 40.1 Å². The van der Waals surface area contributed by atoms with Crippen molar-refractivity contribution in [3.63, 3.8) is 0 Å². The molecular formula is C13H15N3O3. The highest BCUT2D eigenvalue weighted by molar-refractivity contribution is 6.05. The van der Waals surface area contributed by atoms with Crippen LogP contribution in [0.5, 0.6) is 0 Å². The molecule has 0 saturated carbocycles. The highest BCUT2D eigenvalue weighted by atomic mass is 16.2. The van der Waals surface area contributed by atoms with E-state index in [4.69, 9.17) is 5.73 Å². The van der Waals surface area contributed by atoms with E-state index >= 15 is 0 Å². The number of allylic oxidation sites excluding steroid dienone is 1. The van der Waals surface area contributed by atoms with Crippen molar-refractivity contribution >= 4 is 17.7 Å². The standard InChI is InChI=1S/C13H15N3O3/c14-12(18)8-4-5-10-13(19)16-7-9(15(10)6-8)2-1-3-11(16)17/h5-6,9H,1-4,7H2,(H2,14,18). The van der Waals surface area contributed by atoms with Crippen LogP contribution in [0.25, 0.3) is 0 Å². The van der Waals surface area contributed by atoms with E-state index in [1.54, 1.807) is 12.3 Å². The Morgan fingerprint density at radius 1 is 1.37 bits per heavy atom. The predicted octanol–water partition coefficient (Wildman–Crippen LogP) is -0.134. The molecular weight excluding hydrogens is 246 g/mol. The maximum Gasteiger partial charge on any atom is 0.276 e. The number of imide groups is 1. The van der Waals surface area contributed by atoms with Crippen molar-refractivity contribution in [1.29, 1.82) is 0 Å². The predicted molar refractivity (Wildman–Crippen MR) is 66.2 cm³/mol. The topological polar surface area (TPSA) is 83.7 Å². The van der Waals surface area contributed by atoms with Gasteiger partial charge in [0.15, 0.2) is 0 Å². The van der Waals surface area contributed by atoms with Gasteiger partial charge >= 0.3 is 0 Å². The van der Waals surface area contributed by atoms with Gasteiger partial charge in [-0.2, -0.15) is 0 Å². The Morgan fingerprint density at radius 3 is 2.89 bits per heavy atom. The van der Waals surface area contributed by atoms with Crippen molar-refractivity contribution in [2.24, 2.45) is 5.73 Å². The number of piperazine rings is 1. The van der Waals surface area contributed by atoms with Crippen molar-refractivity contribution in [2.75, 3.05) is 6.54 Å². The Hall–Kier alpha value is -2.11. The SMILES string of the molecule is NC(=O)C1=CN2C(=CC1)C(=O)N1CC2CCCC1=O. The monoisotopic (exact) mass is 261 g/mol. The zero-order valence-corrected chi connectivity index (χ0v) is 10.5. The fourth-order valence-electron chi connectivity index (χ4n) is 2.86. The summed E-state index contributed by atoms with van der Waals surface area (Å²) >= 11 is 0. The number of carbonyl (C=O) groups excluding carboxylic acids is 3. The molecule has 0 aromatic carbocycles. The second kappa shape index (κ2) is 4.22. The van der Waals surface area contributed by atoms with Crippen molar-refractivity contribution < 1.29 is 14.4 Å². The van der Waals surface area contributed by atoms with Gasteiger partial charge in [0.05, 0.1) is 6.04 Å². The molecule has 0 spiro atoms. The molecule has 3 aliphatic rings. The number of carbonyl (C=O) groups is 3. The summed E-state index contributed by atoms with van der Waals surface area (Å²) in [6.45, 7) is 0.400. The third-order valence-electron chi connectivity index (χ3n) is 3.88. The first kappa shape index (κ1) is 12.0. The van der Waals surface area contributed by atoms with E-state index in [-0.39, 0.29) is 17.9 Å². The van der Waals surface area contributed by atoms with Crippen molar-refractivity contribution in [3.05, 3.63) is 23.5 Å². The molecule has 2 N–H and O–H groups in total. The van der Waals surface area contributed by atoms with Gasteiger partial charge in [0, 0.05) is 24.7 Å². The zero-order chi connectivity index (χ0) is 13.6. The van der Waals surface area contributed by atoms with Crippen LogP contribution in [0, 0.1) is 0 Å². The van der Waals surface area contributed by atoms with Crippen molar-refractivity contribution in [1.82, 2.24) is 9.80 Å². The minimum absolute atomic E-state index is 0.0602.